The average molecular weight is 313 g/mol. The van der Waals surface area contributed by atoms with Crippen LogP contribution >= 0.6 is 0 Å². The minimum Gasteiger partial charge on any atom is -0.489 e. The number of nitro benzene ring substituents is 1. The van der Waals surface area contributed by atoms with Gasteiger partial charge in [-0.3, -0.25) is 10.1 Å². The first kappa shape index (κ1) is 15.3. The molecule has 3 rings (SSSR count). The molecule has 0 radical (unpaired) electrons. The van der Waals surface area contributed by atoms with Crippen LogP contribution in [0, 0.1) is 10.1 Å². The molecule has 0 unspecified atom stereocenters. The summed E-state index contributed by atoms with van der Waals surface area (Å²) in [6.07, 6.45) is 0. The fourth-order valence-corrected chi connectivity index (χ4v) is 2.56. The van der Waals surface area contributed by atoms with Crippen molar-refractivity contribution in [2.45, 2.75) is 6.61 Å². The van der Waals surface area contributed by atoms with Gasteiger partial charge < -0.3 is 15.0 Å². The zero-order valence-corrected chi connectivity index (χ0v) is 12.8. The van der Waals surface area contributed by atoms with E-state index in [9.17, 15) is 10.1 Å². The number of nitrogens with zero attached hydrogens (tertiary/aromatic N) is 2. The third kappa shape index (κ3) is 3.98. The maximum Gasteiger partial charge on any atom is 0.269 e. The van der Waals surface area contributed by atoms with E-state index < -0.39 is 4.92 Å². The molecular formula is C17H19N3O3. The smallest absolute Gasteiger partial charge is 0.269 e. The maximum absolute atomic E-state index is 10.6. The highest BCUT2D eigenvalue weighted by Crippen LogP contribution is 2.21. The Bertz CT molecular complexity index is 650. The highest BCUT2D eigenvalue weighted by Gasteiger charge is 2.10. The minimum atomic E-state index is -0.403. The van der Waals surface area contributed by atoms with Crippen molar-refractivity contribution in [2.24, 2.45) is 0 Å². The number of benzene rings is 2. The van der Waals surface area contributed by atoms with Gasteiger partial charge in [-0.25, -0.2) is 0 Å². The SMILES string of the molecule is O=[N+]([O-])c1ccc(COc2ccc(N3CCNCC3)cc2)cc1. The maximum atomic E-state index is 10.6. The van der Waals surface area contributed by atoms with Crippen molar-refractivity contribution in [2.75, 3.05) is 31.1 Å². The van der Waals surface area contributed by atoms with E-state index in [1.165, 1.54) is 17.8 Å². The van der Waals surface area contributed by atoms with Gasteiger partial charge in [0.25, 0.3) is 5.69 Å². The van der Waals surface area contributed by atoms with Gasteiger partial charge in [0.05, 0.1) is 4.92 Å². The van der Waals surface area contributed by atoms with Crippen LogP contribution in [0.15, 0.2) is 48.5 Å². The molecule has 0 aromatic heterocycles. The van der Waals surface area contributed by atoms with Gasteiger partial charge in [-0.15, -0.1) is 0 Å². The molecular weight excluding hydrogens is 294 g/mol. The van der Waals surface area contributed by atoms with Crippen molar-refractivity contribution in [3.8, 4) is 5.75 Å². The van der Waals surface area contributed by atoms with Gasteiger partial charge in [-0.2, -0.15) is 0 Å². The highest BCUT2D eigenvalue weighted by atomic mass is 16.6. The molecule has 0 atom stereocenters. The molecule has 0 bridgehead atoms. The van der Waals surface area contributed by atoms with E-state index in [1.807, 2.05) is 12.1 Å². The van der Waals surface area contributed by atoms with E-state index in [-0.39, 0.29) is 5.69 Å². The molecule has 2 aromatic carbocycles. The van der Waals surface area contributed by atoms with E-state index in [2.05, 4.69) is 22.3 Å². The number of nitro groups is 1. The largest absolute Gasteiger partial charge is 0.489 e. The summed E-state index contributed by atoms with van der Waals surface area (Å²) >= 11 is 0. The van der Waals surface area contributed by atoms with Crippen molar-refractivity contribution in [1.82, 2.24) is 5.32 Å². The average Bonchev–Trinajstić information content (AvgIpc) is 2.61. The van der Waals surface area contributed by atoms with Crippen LogP contribution in [0.5, 0.6) is 5.75 Å². The van der Waals surface area contributed by atoms with E-state index in [4.69, 9.17) is 4.74 Å². The number of non-ortho nitro benzene ring substituents is 1. The molecule has 1 heterocycles. The summed E-state index contributed by atoms with van der Waals surface area (Å²) in [4.78, 5) is 12.6. The van der Waals surface area contributed by atoms with Crippen LogP contribution in [0.1, 0.15) is 5.56 Å². The number of nitrogens with one attached hydrogen (secondary N) is 1. The predicted octanol–water partition coefficient (Wildman–Crippen LogP) is 2.58. The molecule has 1 fully saturated rings. The quantitative estimate of drug-likeness (QED) is 0.679. The number of rotatable bonds is 5. The lowest BCUT2D eigenvalue weighted by molar-refractivity contribution is -0.384. The van der Waals surface area contributed by atoms with E-state index in [1.54, 1.807) is 12.1 Å². The molecule has 120 valence electrons. The lowest BCUT2D eigenvalue weighted by atomic mass is 10.2. The molecule has 2 aromatic rings. The van der Waals surface area contributed by atoms with Crippen LogP contribution in [0.25, 0.3) is 0 Å². The molecule has 6 nitrogen and oxygen atoms in total. The van der Waals surface area contributed by atoms with Gasteiger partial charge in [0.2, 0.25) is 0 Å². The van der Waals surface area contributed by atoms with Gasteiger partial charge in [0, 0.05) is 44.0 Å². The first-order chi connectivity index (χ1) is 11.2. The number of hydrogen-bond acceptors (Lipinski definition) is 5. The topological polar surface area (TPSA) is 67.6 Å². The van der Waals surface area contributed by atoms with Crippen molar-refractivity contribution >= 4 is 11.4 Å². The standard InChI is InChI=1S/C17H19N3O3/c21-20(22)16-3-1-14(2-4-16)13-23-17-7-5-15(6-8-17)19-11-9-18-10-12-19/h1-8,18H,9-13H2. The van der Waals surface area contributed by atoms with E-state index >= 15 is 0 Å². The summed E-state index contributed by atoms with van der Waals surface area (Å²) < 4.78 is 5.73. The van der Waals surface area contributed by atoms with Crippen molar-refractivity contribution in [3.63, 3.8) is 0 Å². The van der Waals surface area contributed by atoms with Gasteiger partial charge in [0.1, 0.15) is 12.4 Å². The Morgan fingerprint density at radius 2 is 1.70 bits per heavy atom. The predicted molar refractivity (Wildman–Crippen MR) is 89.0 cm³/mol. The third-order valence-electron chi connectivity index (χ3n) is 3.87. The Hall–Kier alpha value is -2.60. The Kier molecular flexibility index (Phi) is 4.73. The molecule has 23 heavy (non-hydrogen) atoms. The number of anilines is 1. The second-order valence-electron chi connectivity index (χ2n) is 5.44. The molecule has 1 aliphatic rings. The molecule has 1 aliphatic heterocycles. The van der Waals surface area contributed by atoms with Gasteiger partial charge in [-0.05, 0) is 42.0 Å². The Labute approximate surface area is 134 Å². The monoisotopic (exact) mass is 313 g/mol. The third-order valence-corrected chi connectivity index (χ3v) is 3.87. The van der Waals surface area contributed by atoms with Crippen LogP contribution in [0.4, 0.5) is 11.4 Å². The Morgan fingerprint density at radius 3 is 2.30 bits per heavy atom. The summed E-state index contributed by atoms with van der Waals surface area (Å²) in [5.41, 5.74) is 2.20. The Balaban J connectivity index is 1.56. The Morgan fingerprint density at radius 1 is 1.04 bits per heavy atom. The zero-order valence-electron chi connectivity index (χ0n) is 12.8. The fourth-order valence-electron chi connectivity index (χ4n) is 2.56. The zero-order chi connectivity index (χ0) is 16.1. The van der Waals surface area contributed by atoms with Crippen LogP contribution in [0.3, 0.4) is 0 Å². The number of hydrogen-bond donors (Lipinski definition) is 1. The fraction of sp³-hybridized carbons (Fsp3) is 0.294. The summed E-state index contributed by atoms with van der Waals surface area (Å²) in [7, 11) is 0. The lowest BCUT2D eigenvalue weighted by Gasteiger charge is -2.29. The second-order valence-corrected chi connectivity index (χ2v) is 5.44. The summed E-state index contributed by atoms with van der Waals surface area (Å²) in [6, 6.07) is 14.5. The lowest BCUT2D eigenvalue weighted by Crippen LogP contribution is -2.43. The molecule has 0 spiro atoms. The van der Waals surface area contributed by atoms with E-state index in [0.717, 1.165) is 37.5 Å². The van der Waals surface area contributed by atoms with Gasteiger partial charge in [0.15, 0.2) is 0 Å². The van der Waals surface area contributed by atoms with Crippen LogP contribution in [-0.2, 0) is 6.61 Å². The number of ether oxygens (including phenoxy) is 1. The number of piperazine rings is 1. The van der Waals surface area contributed by atoms with Gasteiger partial charge >= 0.3 is 0 Å². The molecule has 0 saturated carbocycles. The minimum absolute atomic E-state index is 0.0918. The summed E-state index contributed by atoms with van der Waals surface area (Å²) in [5.74, 6) is 0.794. The molecule has 0 aliphatic carbocycles. The normalized spacial score (nSPS) is 14.5. The van der Waals surface area contributed by atoms with Crippen molar-refractivity contribution < 1.29 is 9.66 Å². The van der Waals surface area contributed by atoms with Crippen LogP contribution < -0.4 is 15.0 Å². The van der Waals surface area contributed by atoms with E-state index in [0.29, 0.717) is 6.61 Å². The van der Waals surface area contributed by atoms with Crippen molar-refractivity contribution in [1.29, 1.82) is 0 Å². The molecule has 1 N–H and O–H groups in total. The van der Waals surface area contributed by atoms with Crippen LogP contribution in [-0.4, -0.2) is 31.1 Å². The summed E-state index contributed by atoms with van der Waals surface area (Å²) in [6.45, 7) is 4.45. The highest BCUT2D eigenvalue weighted by molar-refractivity contribution is 5.49. The summed E-state index contributed by atoms with van der Waals surface area (Å²) in [5, 5.41) is 14.0. The first-order valence-corrected chi connectivity index (χ1v) is 7.64. The molecule has 0 amide bonds. The second kappa shape index (κ2) is 7.11. The molecule has 6 heteroatoms. The first-order valence-electron chi connectivity index (χ1n) is 7.64. The van der Waals surface area contributed by atoms with Gasteiger partial charge in [-0.1, -0.05) is 0 Å². The van der Waals surface area contributed by atoms with Crippen molar-refractivity contribution in [3.05, 3.63) is 64.2 Å². The molecule has 1 saturated heterocycles. The van der Waals surface area contributed by atoms with Crippen LogP contribution in [0.2, 0.25) is 0 Å².